The molecule has 0 radical (unpaired) electrons. The molecule has 2 aromatic rings. The molecule has 114 valence electrons. The number of aromatic nitrogens is 2. The summed E-state index contributed by atoms with van der Waals surface area (Å²) < 4.78 is 75.5. The van der Waals surface area contributed by atoms with Gasteiger partial charge in [-0.3, -0.25) is 5.10 Å². The van der Waals surface area contributed by atoms with Crippen LogP contribution in [-0.2, 0) is 0 Å². The Morgan fingerprint density at radius 3 is 1.86 bits per heavy atom. The van der Waals surface area contributed by atoms with Crippen LogP contribution in [0.4, 0.5) is 32.2 Å². The number of hydrogen-bond acceptors (Lipinski definition) is 2. The molecule has 0 fully saturated rings. The van der Waals surface area contributed by atoms with Crippen molar-refractivity contribution in [3.63, 3.8) is 0 Å². The monoisotopic (exact) mass is 309 g/mol. The number of rotatable bonds is 2. The number of benzene rings is 1. The Bertz CT molecular complexity index is 597. The number of hydrogen-bond donors (Lipinski definition) is 2. The molecule has 0 amide bonds. The molecule has 3 nitrogen and oxygen atoms in total. The maximum Gasteiger partial charge on any atom is 0.404 e. The van der Waals surface area contributed by atoms with Crippen molar-refractivity contribution in [2.45, 2.75) is 18.3 Å². The number of nitrogen functional groups attached to an aromatic ring is 1. The lowest BCUT2D eigenvalue weighted by Crippen LogP contribution is -2.34. The Hall–Kier alpha value is -2.19. The summed E-state index contributed by atoms with van der Waals surface area (Å²) in [4.78, 5) is 0. The smallest absolute Gasteiger partial charge is 0.384 e. The van der Waals surface area contributed by atoms with E-state index in [9.17, 15) is 26.3 Å². The van der Waals surface area contributed by atoms with Gasteiger partial charge in [-0.15, -0.1) is 0 Å². The van der Waals surface area contributed by atoms with Crippen molar-refractivity contribution in [2.75, 3.05) is 5.73 Å². The lowest BCUT2D eigenvalue weighted by atomic mass is 9.95. The van der Waals surface area contributed by atoms with Gasteiger partial charge < -0.3 is 5.73 Å². The minimum absolute atomic E-state index is 0.172. The van der Waals surface area contributed by atoms with Gasteiger partial charge in [-0.2, -0.15) is 31.4 Å². The van der Waals surface area contributed by atoms with Crippen molar-refractivity contribution >= 4 is 5.82 Å². The van der Waals surface area contributed by atoms with Crippen molar-refractivity contribution in [3.8, 4) is 11.1 Å². The van der Waals surface area contributed by atoms with Crippen LogP contribution >= 0.6 is 0 Å². The molecule has 3 N–H and O–H groups in total. The zero-order valence-corrected chi connectivity index (χ0v) is 10.3. The molecule has 0 aliphatic heterocycles. The van der Waals surface area contributed by atoms with Crippen LogP contribution in [-0.4, -0.2) is 22.5 Å². The highest BCUT2D eigenvalue weighted by Gasteiger charge is 2.57. The molecular formula is C12H9F6N3. The van der Waals surface area contributed by atoms with E-state index in [4.69, 9.17) is 5.73 Å². The topological polar surface area (TPSA) is 54.7 Å². The predicted molar refractivity (Wildman–Crippen MR) is 63.3 cm³/mol. The van der Waals surface area contributed by atoms with Crippen LogP contribution in [0.1, 0.15) is 11.5 Å². The summed E-state index contributed by atoms with van der Waals surface area (Å²) in [6.07, 6.45) is -9.49. The Kier molecular flexibility index (Phi) is 3.60. The molecule has 2 rings (SSSR count). The highest BCUT2D eigenvalue weighted by Crippen LogP contribution is 2.46. The van der Waals surface area contributed by atoms with Crippen LogP contribution in [0.3, 0.4) is 0 Å². The average Bonchev–Trinajstić information content (AvgIpc) is 2.73. The molecule has 0 atom stereocenters. The van der Waals surface area contributed by atoms with Crippen molar-refractivity contribution in [3.05, 3.63) is 36.0 Å². The molecule has 0 saturated heterocycles. The summed E-state index contributed by atoms with van der Waals surface area (Å²) in [5, 5.41) is 6.04. The van der Waals surface area contributed by atoms with Gasteiger partial charge >= 0.3 is 12.4 Å². The normalized spacial score (nSPS) is 12.9. The van der Waals surface area contributed by atoms with E-state index in [1.807, 2.05) is 0 Å². The Morgan fingerprint density at radius 2 is 1.48 bits per heavy atom. The van der Waals surface area contributed by atoms with Crippen LogP contribution in [0.15, 0.2) is 30.5 Å². The Balaban J connectivity index is 2.40. The second kappa shape index (κ2) is 4.97. The maximum absolute atomic E-state index is 12.6. The fraction of sp³-hybridized carbons (Fsp3) is 0.250. The van der Waals surface area contributed by atoms with E-state index in [1.54, 1.807) is 0 Å². The fourth-order valence-corrected chi connectivity index (χ4v) is 1.94. The summed E-state index contributed by atoms with van der Waals surface area (Å²) in [6.45, 7) is 0. The van der Waals surface area contributed by atoms with Gasteiger partial charge in [0.05, 0.1) is 6.20 Å². The second-order valence-electron chi connectivity index (χ2n) is 4.34. The van der Waals surface area contributed by atoms with E-state index in [1.165, 1.54) is 6.20 Å². The van der Waals surface area contributed by atoms with E-state index in [0.717, 1.165) is 24.3 Å². The molecule has 1 heterocycles. The van der Waals surface area contributed by atoms with Gasteiger partial charge in [-0.05, 0) is 11.1 Å². The molecule has 0 aliphatic rings. The lowest BCUT2D eigenvalue weighted by molar-refractivity contribution is -0.253. The maximum atomic E-state index is 12.6. The number of nitrogens with one attached hydrogen (secondary N) is 1. The molecule has 1 aromatic heterocycles. The molecule has 0 bridgehead atoms. The first kappa shape index (κ1) is 15.2. The van der Waals surface area contributed by atoms with Crippen molar-refractivity contribution in [2.24, 2.45) is 0 Å². The van der Waals surface area contributed by atoms with Crippen molar-refractivity contribution in [1.29, 1.82) is 0 Å². The summed E-state index contributed by atoms with van der Waals surface area (Å²) in [5.41, 5.74) is 5.43. The molecule has 0 aliphatic carbocycles. The lowest BCUT2D eigenvalue weighted by Gasteiger charge is -2.23. The first-order chi connectivity index (χ1) is 9.60. The Labute approximate surface area is 114 Å². The number of nitrogens with zero attached hydrogens (tertiary/aromatic N) is 1. The quantitative estimate of drug-likeness (QED) is 0.828. The molecule has 0 unspecified atom stereocenters. The third-order valence-corrected chi connectivity index (χ3v) is 2.88. The minimum atomic E-state index is -5.41. The van der Waals surface area contributed by atoms with Crippen LogP contribution in [0.5, 0.6) is 0 Å². The van der Waals surface area contributed by atoms with E-state index in [2.05, 4.69) is 10.2 Å². The predicted octanol–water partition coefficient (Wildman–Crippen LogP) is 3.87. The standard InChI is InChI=1S/C12H9F6N3/c13-11(14,15)9(12(16,17)18)7-3-1-6(2-4-7)8-5-20-21-10(8)19/h1-5,9H,(H3,19,20,21). The number of nitrogens with two attached hydrogens (primary N) is 1. The number of aromatic amines is 1. The van der Waals surface area contributed by atoms with Crippen LogP contribution in [0, 0.1) is 0 Å². The van der Waals surface area contributed by atoms with Crippen LogP contribution in [0.2, 0.25) is 0 Å². The fourth-order valence-electron chi connectivity index (χ4n) is 1.94. The Morgan fingerprint density at radius 1 is 0.952 bits per heavy atom. The van der Waals surface area contributed by atoms with Crippen LogP contribution in [0.25, 0.3) is 11.1 Å². The van der Waals surface area contributed by atoms with Gasteiger partial charge in [-0.1, -0.05) is 24.3 Å². The van der Waals surface area contributed by atoms with E-state index >= 15 is 0 Å². The molecule has 0 saturated carbocycles. The summed E-state index contributed by atoms with van der Waals surface area (Å²) in [5.74, 6) is -3.34. The molecule has 21 heavy (non-hydrogen) atoms. The SMILES string of the molecule is Nc1[nH]ncc1-c1ccc(C(C(F)(F)F)C(F)(F)F)cc1. The van der Waals surface area contributed by atoms with Gasteiger partial charge in [0.25, 0.3) is 0 Å². The zero-order chi connectivity index (χ0) is 15.8. The number of alkyl halides is 6. The van der Waals surface area contributed by atoms with Gasteiger partial charge in [0.1, 0.15) is 5.82 Å². The third-order valence-electron chi connectivity index (χ3n) is 2.88. The van der Waals surface area contributed by atoms with Gasteiger partial charge in [-0.25, -0.2) is 0 Å². The molecule has 1 aromatic carbocycles. The van der Waals surface area contributed by atoms with Crippen LogP contribution < -0.4 is 5.73 Å². The minimum Gasteiger partial charge on any atom is -0.384 e. The van der Waals surface area contributed by atoms with E-state index in [-0.39, 0.29) is 5.82 Å². The highest BCUT2D eigenvalue weighted by molar-refractivity contribution is 5.73. The first-order valence-corrected chi connectivity index (χ1v) is 5.63. The summed E-state index contributed by atoms with van der Waals surface area (Å²) >= 11 is 0. The zero-order valence-electron chi connectivity index (χ0n) is 10.3. The molecular weight excluding hydrogens is 300 g/mol. The average molecular weight is 309 g/mol. The van der Waals surface area contributed by atoms with Gasteiger partial charge in [0.2, 0.25) is 0 Å². The molecule has 0 spiro atoms. The van der Waals surface area contributed by atoms with Crippen molar-refractivity contribution in [1.82, 2.24) is 10.2 Å². The van der Waals surface area contributed by atoms with E-state index < -0.39 is 23.8 Å². The number of anilines is 1. The summed E-state index contributed by atoms with van der Waals surface area (Å²) in [7, 11) is 0. The summed E-state index contributed by atoms with van der Waals surface area (Å²) in [6, 6.07) is 3.85. The van der Waals surface area contributed by atoms with Crippen molar-refractivity contribution < 1.29 is 26.3 Å². The highest BCUT2D eigenvalue weighted by atomic mass is 19.4. The second-order valence-corrected chi connectivity index (χ2v) is 4.34. The number of H-pyrrole nitrogens is 1. The van der Waals surface area contributed by atoms with E-state index in [0.29, 0.717) is 11.1 Å². The van der Waals surface area contributed by atoms with Gasteiger partial charge in [0, 0.05) is 5.56 Å². The molecule has 9 heteroatoms. The third kappa shape index (κ3) is 3.11. The first-order valence-electron chi connectivity index (χ1n) is 5.63. The number of halogens is 6. The largest absolute Gasteiger partial charge is 0.404 e. The van der Waals surface area contributed by atoms with Gasteiger partial charge in [0.15, 0.2) is 5.92 Å².